The molecule has 2 N–H and O–H groups in total. The summed E-state index contributed by atoms with van der Waals surface area (Å²) in [5.41, 5.74) is 6.63. The first-order chi connectivity index (χ1) is 11.9. The third kappa shape index (κ3) is 3.92. The summed E-state index contributed by atoms with van der Waals surface area (Å²) in [5.74, 6) is 0.236. The summed E-state index contributed by atoms with van der Waals surface area (Å²) < 4.78 is 5.23. The lowest BCUT2D eigenvalue weighted by molar-refractivity contribution is -0.137. The molecule has 2 aromatic rings. The molecule has 1 heterocycles. The van der Waals surface area contributed by atoms with Crippen molar-refractivity contribution < 1.29 is 14.3 Å². The fraction of sp³-hybridized carbons (Fsp3) is 0.400. The average molecular weight is 340 g/mol. The number of piperidine rings is 1. The second kappa shape index (κ2) is 7.13. The van der Waals surface area contributed by atoms with Crippen LogP contribution in [0.25, 0.3) is 10.8 Å². The molecule has 0 spiro atoms. The zero-order valence-electron chi connectivity index (χ0n) is 14.7. The third-order valence-electron chi connectivity index (χ3n) is 4.69. The van der Waals surface area contributed by atoms with Crippen molar-refractivity contribution in [3.05, 3.63) is 42.0 Å². The first-order valence-electron chi connectivity index (χ1n) is 8.67. The quantitative estimate of drug-likeness (QED) is 0.688. The summed E-state index contributed by atoms with van der Waals surface area (Å²) in [5, 5.41) is 1.87. The van der Waals surface area contributed by atoms with Crippen LogP contribution in [0.4, 0.5) is 5.69 Å². The van der Waals surface area contributed by atoms with Gasteiger partial charge in [0.05, 0.1) is 5.56 Å². The maximum absolute atomic E-state index is 12.4. The van der Waals surface area contributed by atoms with Gasteiger partial charge in [0.1, 0.15) is 0 Å². The summed E-state index contributed by atoms with van der Waals surface area (Å²) in [4.78, 5) is 26.5. The molecule has 5 nitrogen and oxygen atoms in total. The van der Waals surface area contributed by atoms with Crippen molar-refractivity contribution in [3.63, 3.8) is 0 Å². The summed E-state index contributed by atoms with van der Waals surface area (Å²) in [6, 6.07) is 11.1. The van der Waals surface area contributed by atoms with Crippen molar-refractivity contribution in [2.24, 2.45) is 11.8 Å². The monoisotopic (exact) mass is 340 g/mol. The summed E-state index contributed by atoms with van der Waals surface area (Å²) in [7, 11) is 0. The van der Waals surface area contributed by atoms with E-state index >= 15 is 0 Å². The van der Waals surface area contributed by atoms with E-state index < -0.39 is 5.97 Å². The van der Waals surface area contributed by atoms with Crippen LogP contribution in [0.1, 0.15) is 30.6 Å². The first kappa shape index (κ1) is 17.3. The van der Waals surface area contributed by atoms with Crippen LogP contribution < -0.4 is 5.73 Å². The van der Waals surface area contributed by atoms with Crippen LogP contribution >= 0.6 is 0 Å². The molecule has 2 atom stereocenters. The van der Waals surface area contributed by atoms with E-state index in [9.17, 15) is 9.59 Å². The molecule has 25 heavy (non-hydrogen) atoms. The molecule has 1 aliphatic heterocycles. The number of nitrogens with zero attached hydrogens (tertiary/aromatic N) is 1. The van der Waals surface area contributed by atoms with Gasteiger partial charge in [0.2, 0.25) is 0 Å². The van der Waals surface area contributed by atoms with Crippen molar-refractivity contribution in [2.75, 3.05) is 25.4 Å². The topological polar surface area (TPSA) is 72.6 Å². The Labute approximate surface area is 147 Å². The fourth-order valence-electron chi connectivity index (χ4n) is 3.60. The molecule has 2 aromatic carbocycles. The van der Waals surface area contributed by atoms with E-state index in [4.69, 9.17) is 10.5 Å². The molecule has 0 aromatic heterocycles. The largest absolute Gasteiger partial charge is 0.452 e. The number of carbonyl (C=O) groups is 2. The number of rotatable bonds is 3. The maximum Gasteiger partial charge on any atom is 0.340 e. The van der Waals surface area contributed by atoms with Crippen LogP contribution in [-0.4, -0.2) is 36.5 Å². The van der Waals surface area contributed by atoms with Gasteiger partial charge in [-0.3, -0.25) is 4.79 Å². The number of likely N-dealkylation sites (tertiary alicyclic amines) is 1. The van der Waals surface area contributed by atoms with Crippen LogP contribution in [0.15, 0.2) is 36.4 Å². The van der Waals surface area contributed by atoms with Gasteiger partial charge < -0.3 is 15.4 Å². The van der Waals surface area contributed by atoms with Crippen molar-refractivity contribution in [3.8, 4) is 0 Å². The van der Waals surface area contributed by atoms with Crippen LogP contribution in [0.5, 0.6) is 0 Å². The van der Waals surface area contributed by atoms with Crippen molar-refractivity contribution in [1.82, 2.24) is 4.90 Å². The van der Waals surface area contributed by atoms with E-state index in [1.165, 1.54) is 0 Å². The number of fused-ring (bicyclic) bond motifs is 1. The number of esters is 1. The zero-order valence-corrected chi connectivity index (χ0v) is 14.7. The number of ether oxygens (including phenoxy) is 1. The number of hydrogen-bond donors (Lipinski definition) is 1. The molecule has 5 heteroatoms. The summed E-state index contributed by atoms with van der Waals surface area (Å²) in [6.07, 6.45) is 1.12. The Bertz CT molecular complexity index is 793. The molecule has 1 fully saturated rings. The lowest BCUT2D eigenvalue weighted by Crippen LogP contribution is -2.44. The highest BCUT2D eigenvalue weighted by molar-refractivity contribution is 6.01. The van der Waals surface area contributed by atoms with Gasteiger partial charge >= 0.3 is 5.97 Å². The molecule has 0 radical (unpaired) electrons. The van der Waals surface area contributed by atoms with E-state index in [-0.39, 0.29) is 12.5 Å². The Morgan fingerprint density at radius 1 is 1.12 bits per heavy atom. The van der Waals surface area contributed by atoms with Gasteiger partial charge in [-0.25, -0.2) is 4.79 Å². The molecule has 2 unspecified atom stereocenters. The van der Waals surface area contributed by atoms with Crippen molar-refractivity contribution in [1.29, 1.82) is 0 Å². The SMILES string of the molecule is CC1CC(C)CN(C(=O)COC(=O)c2cc3ccccc3cc2N)C1. The number of nitrogen functional groups attached to an aromatic ring is 1. The number of amides is 1. The maximum atomic E-state index is 12.4. The van der Waals surface area contributed by atoms with Crippen LogP contribution in [0, 0.1) is 11.8 Å². The second-order valence-corrected chi connectivity index (χ2v) is 7.11. The normalized spacial score (nSPS) is 20.5. The molecule has 0 bridgehead atoms. The Kier molecular flexibility index (Phi) is 4.93. The van der Waals surface area contributed by atoms with Gasteiger partial charge in [0, 0.05) is 18.8 Å². The fourth-order valence-corrected chi connectivity index (χ4v) is 3.60. The lowest BCUT2D eigenvalue weighted by atomic mass is 9.92. The minimum atomic E-state index is -0.560. The Morgan fingerprint density at radius 3 is 2.36 bits per heavy atom. The number of anilines is 1. The summed E-state index contributed by atoms with van der Waals surface area (Å²) in [6.45, 7) is 5.47. The highest BCUT2D eigenvalue weighted by Crippen LogP contribution is 2.23. The van der Waals surface area contributed by atoms with Crippen molar-refractivity contribution in [2.45, 2.75) is 20.3 Å². The van der Waals surface area contributed by atoms with E-state index in [2.05, 4.69) is 13.8 Å². The minimum Gasteiger partial charge on any atom is -0.452 e. The smallest absolute Gasteiger partial charge is 0.340 e. The van der Waals surface area contributed by atoms with Crippen molar-refractivity contribution >= 4 is 28.3 Å². The van der Waals surface area contributed by atoms with E-state index in [1.54, 1.807) is 17.0 Å². The number of nitrogens with two attached hydrogens (primary N) is 1. The molecular weight excluding hydrogens is 316 g/mol. The first-order valence-corrected chi connectivity index (χ1v) is 8.67. The van der Waals surface area contributed by atoms with Gasteiger partial charge in [0.25, 0.3) is 5.91 Å². The van der Waals surface area contributed by atoms with Crippen LogP contribution in [-0.2, 0) is 9.53 Å². The number of benzene rings is 2. The molecule has 1 amide bonds. The molecule has 0 aliphatic carbocycles. The number of carbonyl (C=O) groups excluding carboxylic acids is 2. The predicted molar refractivity (Wildman–Crippen MR) is 98.2 cm³/mol. The Morgan fingerprint density at radius 2 is 1.72 bits per heavy atom. The molecule has 0 saturated carbocycles. The van der Waals surface area contributed by atoms with Gasteiger partial charge in [-0.1, -0.05) is 38.1 Å². The number of hydrogen-bond acceptors (Lipinski definition) is 4. The molecule has 1 aliphatic rings. The third-order valence-corrected chi connectivity index (χ3v) is 4.69. The van der Waals surface area contributed by atoms with Crippen LogP contribution in [0.3, 0.4) is 0 Å². The van der Waals surface area contributed by atoms with Gasteiger partial charge in [-0.05, 0) is 41.2 Å². The average Bonchev–Trinajstić information content (AvgIpc) is 2.57. The lowest BCUT2D eigenvalue weighted by Gasteiger charge is -2.34. The second-order valence-electron chi connectivity index (χ2n) is 7.11. The van der Waals surface area contributed by atoms with Gasteiger partial charge in [0.15, 0.2) is 6.61 Å². The van der Waals surface area contributed by atoms with E-state index in [1.807, 2.05) is 24.3 Å². The Hall–Kier alpha value is -2.56. The minimum absolute atomic E-state index is 0.147. The predicted octanol–water partition coefficient (Wildman–Crippen LogP) is 3.08. The highest BCUT2D eigenvalue weighted by atomic mass is 16.5. The highest BCUT2D eigenvalue weighted by Gasteiger charge is 2.26. The van der Waals surface area contributed by atoms with Crippen LogP contribution in [0.2, 0.25) is 0 Å². The van der Waals surface area contributed by atoms with E-state index in [0.717, 1.165) is 30.3 Å². The standard InChI is InChI=1S/C20H24N2O3/c1-13-7-14(2)11-22(10-13)19(23)12-25-20(24)17-8-15-5-3-4-6-16(15)9-18(17)21/h3-6,8-9,13-14H,7,10-12,21H2,1-2H3. The summed E-state index contributed by atoms with van der Waals surface area (Å²) >= 11 is 0. The molecular formula is C20H24N2O3. The van der Waals surface area contributed by atoms with Gasteiger partial charge in [-0.2, -0.15) is 0 Å². The zero-order chi connectivity index (χ0) is 18.0. The van der Waals surface area contributed by atoms with E-state index in [0.29, 0.717) is 23.1 Å². The molecule has 1 saturated heterocycles. The Balaban J connectivity index is 1.66. The molecule has 132 valence electrons. The van der Waals surface area contributed by atoms with Gasteiger partial charge in [-0.15, -0.1) is 0 Å². The molecule has 3 rings (SSSR count).